The molecule has 5 nitrogen and oxygen atoms in total. The number of carboxylic acid groups (broad SMARTS) is 1. The first-order valence-electron chi connectivity index (χ1n) is 5.74. The molecule has 0 saturated heterocycles. The van der Waals surface area contributed by atoms with E-state index in [2.05, 4.69) is 20.9 Å². The number of carboxylic acids is 1. The van der Waals surface area contributed by atoms with Gasteiger partial charge in [0.2, 0.25) is 0 Å². The van der Waals surface area contributed by atoms with Crippen LogP contribution in [-0.4, -0.2) is 20.6 Å². The number of carbonyl (C=O) groups is 1. The number of hydrogen-bond donors (Lipinski definition) is 2. The molecule has 0 fully saturated rings. The van der Waals surface area contributed by atoms with Crippen LogP contribution in [0.2, 0.25) is 0 Å². The van der Waals surface area contributed by atoms with Gasteiger partial charge in [-0.05, 0) is 39.5 Å². The van der Waals surface area contributed by atoms with Gasteiger partial charge in [-0.25, -0.2) is 9.59 Å². The van der Waals surface area contributed by atoms with Crippen LogP contribution >= 0.6 is 27.3 Å². The second-order valence-corrected chi connectivity index (χ2v) is 6.07. The minimum absolute atomic E-state index is 0.101. The van der Waals surface area contributed by atoms with Crippen molar-refractivity contribution in [1.82, 2.24) is 9.55 Å². The third kappa shape index (κ3) is 2.08. The lowest BCUT2D eigenvalue weighted by Crippen LogP contribution is -2.16. The monoisotopic (exact) mass is 352 g/mol. The van der Waals surface area contributed by atoms with E-state index in [4.69, 9.17) is 5.11 Å². The number of H-pyrrole nitrogens is 1. The topological polar surface area (TPSA) is 75.1 Å². The summed E-state index contributed by atoms with van der Waals surface area (Å²) in [7, 11) is 0. The molecular weight excluding hydrogens is 344 g/mol. The van der Waals surface area contributed by atoms with Crippen LogP contribution in [0.4, 0.5) is 0 Å². The van der Waals surface area contributed by atoms with Gasteiger partial charge in [-0.1, -0.05) is 6.07 Å². The molecule has 0 aliphatic rings. The quantitative estimate of drug-likeness (QED) is 0.760. The van der Waals surface area contributed by atoms with Crippen LogP contribution in [0.15, 0.2) is 38.9 Å². The molecule has 0 radical (unpaired) electrons. The Morgan fingerprint density at radius 1 is 1.40 bits per heavy atom. The highest BCUT2D eigenvalue weighted by Crippen LogP contribution is 2.24. The van der Waals surface area contributed by atoms with Gasteiger partial charge in [-0.15, -0.1) is 11.3 Å². The number of imidazole rings is 1. The molecule has 3 aromatic rings. The molecule has 0 saturated carbocycles. The lowest BCUT2D eigenvalue weighted by molar-refractivity contribution is 0.0699. The first-order valence-corrected chi connectivity index (χ1v) is 7.42. The van der Waals surface area contributed by atoms with Gasteiger partial charge in [0, 0.05) is 9.35 Å². The zero-order chi connectivity index (χ0) is 14.3. The number of rotatable bonds is 3. The van der Waals surface area contributed by atoms with E-state index in [-0.39, 0.29) is 11.3 Å². The molecule has 0 spiro atoms. The van der Waals surface area contributed by atoms with E-state index in [9.17, 15) is 9.59 Å². The average Bonchev–Trinajstić information content (AvgIpc) is 2.94. The highest BCUT2D eigenvalue weighted by molar-refractivity contribution is 9.10. The number of thiophene rings is 1. The Balaban J connectivity index is 2.19. The third-order valence-electron chi connectivity index (χ3n) is 3.03. The van der Waals surface area contributed by atoms with Crippen molar-refractivity contribution in [1.29, 1.82) is 0 Å². The van der Waals surface area contributed by atoms with E-state index in [1.807, 2.05) is 11.4 Å². The van der Waals surface area contributed by atoms with Gasteiger partial charge in [0.1, 0.15) is 0 Å². The van der Waals surface area contributed by atoms with Crippen molar-refractivity contribution >= 4 is 44.3 Å². The SMILES string of the molecule is O=C(O)c1cccc2c1[nH]c(=O)n2Cc1sccc1Br. The van der Waals surface area contributed by atoms with Gasteiger partial charge in [0.05, 0.1) is 23.1 Å². The normalized spacial score (nSPS) is 11.1. The molecule has 0 aliphatic heterocycles. The van der Waals surface area contributed by atoms with Crippen LogP contribution in [0.1, 0.15) is 15.2 Å². The molecule has 0 unspecified atom stereocenters. The van der Waals surface area contributed by atoms with Gasteiger partial charge in [0.25, 0.3) is 0 Å². The summed E-state index contributed by atoms with van der Waals surface area (Å²) >= 11 is 4.97. The number of benzene rings is 1. The van der Waals surface area contributed by atoms with Crippen molar-refractivity contribution in [2.75, 3.05) is 0 Å². The van der Waals surface area contributed by atoms with Gasteiger partial charge in [0.15, 0.2) is 0 Å². The zero-order valence-electron chi connectivity index (χ0n) is 10.1. The summed E-state index contributed by atoms with van der Waals surface area (Å²) in [6, 6.07) is 6.77. The van der Waals surface area contributed by atoms with Crippen molar-refractivity contribution in [3.63, 3.8) is 0 Å². The smallest absolute Gasteiger partial charge is 0.337 e. The first-order chi connectivity index (χ1) is 9.58. The number of aromatic amines is 1. The highest BCUT2D eigenvalue weighted by atomic mass is 79.9. The first kappa shape index (κ1) is 13.1. The number of para-hydroxylation sites is 1. The van der Waals surface area contributed by atoms with Crippen molar-refractivity contribution in [2.45, 2.75) is 6.54 Å². The van der Waals surface area contributed by atoms with E-state index in [1.54, 1.807) is 16.7 Å². The van der Waals surface area contributed by atoms with Gasteiger partial charge in [-0.2, -0.15) is 0 Å². The largest absolute Gasteiger partial charge is 0.478 e. The number of nitrogens with one attached hydrogen (secondary N) is 1. The molecule has 102 valence electrons. The lowest BCUT2D eigenvalue weighted by atomic mass is 10.2. The van der Waals surface area contributed by atoms with Crippen LogP contribution < -0.4 is 5.69 Å². The van der Waals surface area contributed by atoms with Crippen molar-refractivity contribution in [2.24, 2.45) is 0 Å². The Labute approximate surface area is 125 Å². The van der Waals surface area contributed by atoms with Crippen molar-refractivity contribution in [3.8, 4) is 0 Å². The number of aromatic nitrogens is 2. The predicted molar refractivity (Wildman–Crippen MR) is 80.6 cm³/mol. The van der Waals surface area contributed by atoms with Crippen LogP contribution in [0.5, 0.6) is 0 Å². The molecule has 0 bridgehead atoms. The minimum Gasteiger partial charge on any atom is -0.478 e. The fourth-order valence-corrected chi connectivity index (χ4v) is 3.56. The Morgan fingerprint density at radius 3 is 2.85 bits per heavy atom. The summed E-state index contributed by atoms with van der Waals surface area (Å²) in [5.74, 6) is -1.05. The maximum atomic E-state index is 12.1. The Hall–Kier alpha value is -1.86. The van der Waals surface area contributed by atoms with Crippen LogP contribution in [0, 0.1) is 0 Å². The highest BCUT2D eigenvalue weighted by Gasteiger charge is 2.15. The van der Waals surface area contributed by atoms with Crippen molar-refractivity contribution < 1.29 is 9.90 Å². The Kier molecular flexibility index (Phi) is 3.23. The average molecular weight is 353 g/mol. The second-order valence-electron chi connectivity index (χ2n) is 4.21. The number of hydrogen-bond acceptors (Lipinski definition) is 3. The van der Waals surface area contributed by atoms with E-state index in [1.165, 1.54) is 17.4 Å². The number of aromatic carboxylic acids is 1. The fraction of sp³-hybridized carbons (Fsp3) is 0.0769. The maximum Gasteiger partial charge on any atom is 0.337 e. The van der Waals surface area contributed by atoms with Crippen LogP contribution in [0.25, 0.3) is 11.0 Å². The molecule has 0 atom stereocenters. The molecule has 0 amide bonds. The molecule has 2 heterocycles. The van der Waals surface area contributed by atoms with Crippen molar-refractivity contribution in [3.05, 3.63) is 55.0 Å². The number of halogens is 1. The van der Waals surface area contributed by atoms with Gasteiger partial charge >= 0.3 is 11.7 Å². The van der Waals surface area contributed by atoms with Crippen LogP contribution in [0.3, 0.4) is 0 Å². The fourth-order valence-electron chi connectivity index (χ4n) is 2.10. The standard InChI is InChI=1S/C13H9BrN2O3S/c14-8-4-5-20-10(8)6-16-9-3-1-2-7(12(17)18)11(9)15-13(16)19/h1-5H,6H2,(H,15,19)(H,17,18). The number of fused-ring (bicyclic) bond motifs is 1. The summed E-state index contributed by atoms with van der Waals surface area (Å²) in [5, 5.41) is 11.1. The summed E-state index contributed by atoms with van der Waals surface area (Å²) in [4.78, 5) is 26.9. The summed E-state index contributed by atoms with van der Waals surface area (Å²) in [5.41, 5.74) is 0.741. The van der Waals surface area contributed by atoms with E-state index < -0.39 is 5.97 Å². The summed E-state index contributed by atoms with van der Waals surface area (Å²) in [6.07, 6.45) is 0. The maximum absolute atomic E-state index is 12.1. The molecular formula is C13H9BrN2O3S. The summed E-state index contributed by atoms with van der Waals surface area (Å²) < 4.78 is 2.48. The van der Waals surface area contributed by atoms with Gasteiger partial charge in [-0.3, -0.25) is 4.57 Å². The van der Waals surface area contributed by atoms with E-state index in [0.717, 1.165) is 9.35 Å². The summed E-state index contributed by atoms with van der Waals surface area (Å²) in [6.45, 7) is 0.403. The predicted octanol–water partition coefficient (Wildman–Crippen LogP) is 2.90. The molecule has 7 heteroatoms. The molecule has 2 N–H and O–H groups in total. The van der Waals surface area contributed by atoms with E-state index >= 15 is 0 Å². The zero-order valence-corrected chi connectivity index (χ0v) is 12.5. The third-order valence-corrected chi connectivity index (χ3v) is 4.94. The lowest BCUT2D eigenvalue weighted by Gasteiger charge is -2.03. The van der Waals surface area contributed by atoms with Gasteiger partial charge < -0.3 is 10.1 Å². The Morgan fingerprint density at radius 2 is 2.20 bits per heavy atom. The molecule has 3 rings (SSSR count). The molecule has 2 aromatic heterocycles. The minimum atomic E-state index is -1.05. The number of nitrogens with zero attached hydrogens (tertiary/aromatic N) is 1. The Bertz CT molecular complexity index is 862. The van der Waals surface area contributed by atoms with Crippen LogP contribution in [-0.2, 0) is 6.54 Å². The second kappa shape index (κ2) is 4.92. The molecule has 1 aromatic carbocycles. The molecule has 0 aliphatic carbocycles. The van der Waals surface area contributed by atoms with E-state index in [0.29, 0.717) is 17.6 Å². The molecule has 20 heavy (non-hydrogen) atoms.